The van der Waals surface area contributed by atoms with E-state index in [-0.39, 0.29) is 0 Å². The van der Waals surface area contributed by atoms with E-state index in [2.05, 4.69) is 19.9 Å². The van der Waals surface area contributed by atoms with E-state index >= 15 is 0 Å². The molecule has 0 amide bonds. The highest BCUT2D eigenvalue weighted by Crippen LogP contribution is 2.29. The van der Waals surface area contributed by atoms with Crippen LogP contribution in [0, 0.1) is 0 Å². The smallest absolute Gasteiger partial charge is 0.255 e. The fourth-order valence-electron chi connectivity index (χ4n) is 3.42. The van der Waals surface area contributed by atoms with Gasteiger partial charge in [0.05, 0.1) is 5.52 Å². The van der Waals surface area contributed by atoms with E-state index in [9.17, 15) is 0 Å². The summed E-state index contributed by atoms with van der Waals surface area (Å²) in [6.07, 6.45) is 12.3. The van der Waals surface area contributed by atoms with Crippen molar-refractivity contribution in [2.45, 2.75) is 0 Å². The molecule has 0 saturated carbocycles. The first-order valence-corrected chi connectivity index (χ1v) is 8.94. The first kappa shape index (κ1) is 15.7. The standard InChI is InChI=1S/C19H14N10/c1-26-8-9-28(26)18-23-17(27-7-6-20-12-27)24-19(25-18)29-15-5-3-2-4-13(15)14-10-21-11-22-16(14)29/h2-12H,1H3. The highest BCUT2D eigenvalue weighted by molar-refractivity contribution is 6.07. The molecule has 6 aromatic rings. The van der Waals surface area contributed by atoms with Gasteiger partial charge in [-0.25, -0.2) is 19.6 Å². The molecule has 0 fully saturated rings. The average Bonchev–Trinajstić information content (AvgIpc) is 3.39. The molecule has 0 bridgehead atoms. The van der Waals surface area contributed by atoms with Gasteiger partial charge in [0, 0.05) is 48.8 Å². The zero-order chi connectivity index (χ0) is 19.4. The molecule has 0 aliphatic rings. The summed E-state index contributed by atoms with van der Waals surface area (Å²) in [5, 5.41) is 1.98. The molecule has 0 aliphatic heterocycles. The number of aromatic nitrogens is 10. The summed E-state index contributed by atoms with van der Waals surface area (Å²) in [4.78, 5) is 26.9. The number of hydrogen-bond acceptors (Lipinski definition) is 6. The molecular formula is C19H14N10. The van der Waals surface area contributed by atoms with Gasteiger partial charge in [-0.05, 0) is 6.07 Å². The van der Waals surface area contributed by atoms with Gasteiger partial charge in [-0.2, -0.15) is 15.0 Å². The third-order valence-corrected chi connectivity index (χ3v) is 4.84. The summed E-state index contributed by atoms with van der Waals surface area (Å²) in [6.45, 7) is 0. The van der Waals surface area contributed by atoms with Crippen molar-refractivity contribution in [3.8, 4) is 17.8 Å². The summed E-state index contributed by atoms with van der Waals surface area (Å²) < 4.78 is 7.42. The summed E-state index contributed by atoms with van der Waals surface area (Å²) in [6, 6.07) is 8.04. The molecule has 0 N–H and O–H groups in total. The van der Waals surface area contributed by atoms with Gasteiger partial charge in [-0.1, -0.05) is 18.2 Å². The van der Waals surface area contributed by atoms with Crippen molar-refractivity contribution >= 4 is 21.9 Å². The minimum absolute atomic E-state index is 0.469. The molecule has 0 saturated heterocycles. The van der Waals surface area contributed by atoms with E-state index in [4.69, 9.17) is 9.97 Å². The Labute approximate surface area is 163 Å². The predicted molar refractivity (Wildman–Crippen MR) is 105 cm³/mol. The molecular weight excluding hydrogens is 368 g/mol. The molecule has 0 unspecified atom stereocenters. The molecule has 1 aromatic carbocycles. The van der Waals surface area contributed by atoms with Crippen molar-refractivity contribution in [3.05, 3.63) is 67.9 Å². The molecule has 0 radical (unpaired) electrons. The highest BCUT2D eigenvalue weighted by atomic mass is 15.5. The number of benzene rings is 1. The second kappa shape index (κ2) is 5.83. The van der Waals surface area contributed by atoms with Crippen molar-refractivity contribution in [3.63, 3.8) is 0 Å². The lowest BCUT2D eigenvalue weighted by molar-refractivity contribution is 0.559. The molecule has 140 valence electrons. The molecule has 5 aromatic heterocycles. The first-order chi connectivity index (χ1) is 14.3. The van der Waals surface area contributed by atoms with Gasteiger partial charge in [0.1, 0.15) is 12.7 Å². The van der Waals surface area contributed by atoms with Crippen LogP contribution in [0.15, 0.2) is 67.9 Å². The third-order valence-electron chi connectivity index (χ3n) is 4.84. The van der Waals surface area contributed by atoms with Crippen LogP contribution < -0.4 is 0 Å². The van der Waals surface area contributed by atoms with Crippen molar-refractivity contribution in [2.75, 3.05) is 0 Å². The third kappa shape index (κ3) is 2.29. The van der Waals surface area contributed by atoms with E-state index in [1.54, 1.807) is 23.3 Å². The number of nitrogens with zero attached hydrogens (tertiary/aromatic N) is 10. The maximum Gasteiger partial charge on any atom is 0.255 e. The minimum Gasteiger partial charge on any atom is -0.287 e. The monoisotopic (exact) mass is 382 g/mol. The van der Waals surface area contributed by atoms with E-state index in [1.165, 1.54) is 6.33 Å². The van der Waals surface area contributed by atoms with Crippen LogP contribution in [0.1, 0.15) is 0 Å². The van der Waals surface area contributed by atoms with Crippen LogP contribution in [0.25, 0.3) is 39.8 Å². The Hall–Kier alpha value is -4.34. The van der Waals surface area contributed by atoms with E-state index in [0.717, 1.165) is 21.9 Å². The van der Waals surface area contributed by atoms with Crippen LogP contribution in [0.4, 0.5) is 0 Å². The molecule has 5 heterocycles. The van der Waals surface area contributed by atoms with Crippen LogP contribution in [0.2, 0.25) is 0 Å². The Morgan fingerprint density at radius 3 is 2.48 bits per heavy atom. The summed E-state index contributed by atoms with van der Waals surface area (Å²) >= 11 is 0. The topological polar surface area (TPSA) is 97.1 Å². The van der Waals surface area contributed by atoms with Gasteiger partial charge in [-0.15, -0.1) is 0 Å². The van der Waals surface area contributed by atoms with Gasteiger partial charge in [0.2, 0.25) is 11.9 Å². The van der Waals surface area contributed by atoms with E-state index < -0.39 is 0 Å². The van der Waals surface area contributed by atoms with Gasteiger partial charge in [0.15, 0.2) is 5.65 Å². The van der Waals surface area contributed by atoms with Gasteiger partial charge in [0.25, 0.3) is 5.95 Å². The Bertz CT molecular complexity index is 1410. The second-order valence-corrected chi connectivity index (χ2v) is 6.53. The van der Waals surface area contributed by atoms with Crippen molar-refractivity contribution < 1.29 is 0 Å². The second-order valence-electron chi connectivity index (χ2n) is 6.53. The highest BCUT2D eigenvalue weighted by Gasteiger charge is 2.18. The minimum atomic E-state index is 0.469. The lowest BCUT2D eigenvalue weighted by Crippen LogP contribution is -2.20. The van der Waals surface area contributed by atoms with E-state index in [1.807, 2.05) is 63.8 Å². The largest absolute Gasteiger partial charge is 0.287 e. The zero-order valence-corrected chi connectivity index (χ0v) is 15.3. The van der Waals surface area contributed by atoms with Crippen LogP contribution >= 0.6 is 0 Å². The molecule has 0 spiro atoms. The van der Waals surface area contributed by atoms with Crippen LogP contribution in [0.3, 0.4) is 0 Å². The first-order valence-electron chi connectivity index (χ1n) is 8.94. The molecule has 0 atom stereocenters. The van der Waals surface area contributed by atoms with Crippen molar-refractivity contribution in [2.24, 2.45) is 7.05 Å². The van der Waals surface area contributed by atoms with Gasteiger partial charge >= 0.3 is 0 Å². The lowest BCUT2D eigenvalue weighted by atomic mass is 10.2. The van der Waals surface area contributed by atoms with Crippen molar-refractivity contribution in [1.29, 1.82) is 0 Å². The van der Waals surface area contributed by atoms with E-state index in [0.29, 0.717) is 17.8 Å². The molecule has 29 heavy (non-hydrogen) atoms. The molecule has 10 heteroatoms. The Balaban J connectivity index is 1.70. The average molecular weight is 382 g/mol. The summed E-state index contributed by atoms with van der Waals surface area (Å²) in [5.74, 6) is 1.44. The fourth-order valence-corrected chi connectivity index (χ4v) is 3.42. The summed E-state index contributed by atoms with van der Waals surface area (Å²) in [5.41, 5.74) is 1.69. The molecule has 6 rings (SSSR count). The zero-order valence-electron chi connectivity index (χ0n) is 15.3. The normalized spacial score (nSPS) is 11.6. The Kier molecular flexibility index (Phi) is 3.15. The fraction of sp³-hybridized carbons (Fsp3) is 0.0526. The maximum atomic E-state index is 4.74. The number of hydrogen-bond donors (Lipinski definition) is 0. The predicted octanol–water partition coefficient (Wildman–Crippen LogP) is 2.07. The number of rotatable bonds is 3. The molecule has 10 nitrogen and oxygen atoms in total. The van der Waals surface area contributed by atoms with Gasteiger partial charge in [-0.3, -0.25) is 13.8 Å². The Morgan fingerprint density at radius 1 is 0.828 bits per heavy atom. The SMILES string of the molecule is Cn1ccn1-c1nc(-n2ccnc2)nc(-n2c3ccccc3c3cncnc32)n1. The Morgan fingerprint density at radius 2 is 1.69 bits per heavy atom. The quantitative estimate of drug-likeness (QED) is 0.465. The number of para-hydroxylation sites is 1. The number of imidazole rings is 1. The maximum absolute atomic E-state index is 4.74. The van der Waals surface area contributed by atoms with Crippen LogP contribution in [-0.2, 0) is 7.05 Å². The van der Waals surface area contributed by atoms with Crippen LogP contribution in [-0.4, -0.2) is 48.4 Å². The summed E-state index contributed by atoms with van der Waals surface area (Å²) in [7, 11) is 1.92. The van der Waals surface area contributed by atoms with Crippen molar-refractivity contribution in [1.82, 2.24) is 48.4 Å². The lowest BCUT2D eigenvalue weighted by Gasteiger charge is -2.16. The molecule has 0 aliphatic carbocycles. The number of aryl methyl sites for hydroxylation is 1. The van der Waals surface area contributed by atoms with Gasteiger partial charge < -0.3 is 0 Å². The van der Waals surface area contributed by atoms with Crippen LogP contribution in [0.5, 0.6) is 0 Å². The number of fused-ring (bicyclic) bond motifs is 3.